The average molecular weight is 951 g/mol. The molecule has 0 aromatic carbocycles. The molecule has 2 heterocycles. The molecule has 4 aliphatic rings. The molecule has 16 heteroatoms. The van der Waals surface area contributed by atoms with E-state index >= 15 is 0 Å². The van der Waals surface area contributed by atoms with Crippen LogP contribution < -0.4 is 31.9 Å². The van der Waals surface area contributed by atoms with E-state index in [1.54, 1.807) is 37.7 Å². The summed E-state index contributed by atoms with van der Waals surface area (Å²) in [6.07, 6.45) is 13.1. The Bertz CT molecular complexity index is 1680. The Balaban J connectivity index is 1.30. The van der Waals surface area contributed by atoms with Gasteiger partial charge < -0.3 is 51.2 Å². The van der Waals surface area contributed by atoms with Gasteiger partial charge in [0.2, 0.25) is 35.4 Å². The van der Waals surface area contributed by atoms with Crippen LogP contribution in [0.25, 0.3) is 0 Å². The molecule has 4 fully saturated rings. The molecule has 382 valence electrons. The van der Waals surface area contributed by atoms with Crippen molar-refractivity contribution in [3.05, 3.63) is 0 Å². The fourth-order valence-electron chi connectivity index (χ4n) is 9.89. The maximum absolute atomic E-state index is 14.0. The summed E-state index contributed by atoms with van der Waals surface area (Å²) in [6, 6.07) is -4.22. The monoisotopic (exact) mass is 951 g/mol. The molecule has 8 atom stereocenters. The molecule has 2 aliphatic carbocycles. The molecule has 2 aliphatic heterocycles. The summed E-state index contributed by atoms with van der Waals surface area (Å²) in [6.45, 7) is 16.7. The Morgan fingerprint density at radius 1 is 0.529 bits per heavy atom. The molecule has 6 N–H and O–H groups in total. The standard InChI is InChI=1S/C52H86N8O8/c1-35(53-9)45(61)57-43(51(3,4)5)49(65)59-29-21-27-41(59)47(63)55-39(37-23-15-13-16-24-37)33-67-31-19-11-12-20-32-68-34-40(38-25-17-14-18-26-38)56-48(64)42-28-22-30-60(42)50(66)44(52(6,7)8)58-46(62)36(2)54-10/h35-44,53-54H,13-18,21-34H2,1-10H3,(H,55,63)(H,56,64)(H,57,61)(H,58,62)/t35-,36-,39+,40+,41-,42-,43+,44+/m0/s1. The number of hydrogen-bond acceptors (Lipinski definition) is 10. The third kappa shape index (κ3) is 16.7. The molecular weight excluding hydrogens is 865 g/mol. The molecule has 4 rings (SSSR count). The van der Waals surface area contributed by atoms with E-state index in [1.165, 1.54) is 12.8 Å². The van der Waals surface area contributed by atoms with Crippen LogP contribution in [-0.2, 0) is 38.2 Å². The predicted octanol–water partition coefficient (Wildman–Crippen LogP) is 3.42. The lowest BCUT2D eigenvalue weighted by Gasteiger charge is -2.37. The lowest BCUT2D eigenvalue weighted by molar-refractivity contribution is -0.144. The van der Waals surface area contributed by atoms with E-state index in [1.807, 2.05) is 41.5 Å². The molecule has 0 aromatic heterocycles. The lowest BCUT2D eigenvalue weighted by Crippen LogP contribution is -2.60. The number of likely N-dealkylation sites (tertiary alicyclic amines) is 2. The van der Waals surface area contributed by atoms with Gasteiger partial charge in [-0.1, -0.05) is 91.9 Å². The Hall–Kier alpha value is -4.22. The van der Waals surface area contributed by atoms with Crippen LogP contribution in [0.5, 0.6) is 0 Å². The Labute approximate surface area is 407 Å². The van der Waals surface area contributed by atoms with Crippen molar-refractivity contribution >= 4 is 35.4 Å². The lowest BCUT2D eigenvalue weighted by atomic mass is 9.84. The highest BCUT2D eigenvalue weighted by Crippen LogP contribution is 2.31. The molecule has 0 aromatic rings. The highest BCUT2D eigenvalue weighted by Gasteiger charge is 2.45. The molecule has 68 heavy (non-hydrogen) atoms. The van der Waals surface area contributed by atoms with Crippen molar-refractivity contribution < 1.29 is 38.2 Å². The van der Waals surface area contributed by atoms with Crippen LogP contribution >= 0.6 is 0 Å². The van der Waals surface area contributed by atoms with Crippen molar-refractivity contribution in [1.82, 2.24) is 41.7 Å². The van der Waals surface area contributed by atoms with Crippen molar-refractivity contribution in [2.75, 3.05) is 53.6 Å². The Morgan fingerprint density at radius 2 is 0.882 bits per heavy atom. The molecule has 0 radical (unpaired) electrons. The SMILES string of the molecule is CN[C@@H](C)C(=O)N[C@H](C(=O)N1CCC[C@H]1C(=O)N[C@H](COCC#CC#CCOC[C@@H](NC(=O)[C@@H]1CCCN1C(=O)[C@@H](NC(=O)[C@H](C)NC)C(C)(C)C)C1CCCCC1)C1CCCCC1)C(C)(C)C. The second kappa shape index (κ2) is 27.2. The first kappa shape index (κ1) is 56.4. The number of likely N-dealkylation sites (N-methyl/N-ethyl adjacent to an activating group) is 2. The number of amides is 6. The van der Waals surface area contributed by atoms with E-state index in [4.69, 9.17) is 9.47 Å². The van der Waals surface area contributed by atoms with Crippen LogP contribution in [0, 0.1) is 46.3 Å². The van der Waals surface area contributed by atoms with E-state index < -0.39 is 47.1 Å². The summed E-state index contributed by atoms with van der Waals surface area (Å²) >= 11 is 0. The van der Waals surface area contributed by atoms with Gasteiger partial charge in [0.1, 0.15) is 37.4 Å². The second-order valence-electron chi connectivity index (χ2n) is 21.7. The van der Waals surface area contributed by atoms with Crippen LogP contribution in [0.3, 0.4) is 0 Å². The molecule has 2 saturated carbocycles. The van der Waals surface area contributed by atoms with Crippen molar-refractivity contribution in [2.45, 2.75) is 194 Å². The van der Waals surface area contributed by atoms with Crippen LogP contribution in [0.15, 0.2) is 0 Å². The average Bonchev–Trinajstić information content (AvgIpc) is 4.02. The first-order valence-corrected chi connectivity index (χ1v) is 25.6. The van der Waals surface area contributed by atoms with Gasteiger partial charge in [-0.3, -0.25) is 28.8 Å². The van der Waals surface area contributed by atoms with Crippen molar-refractivity contribution in [1.29, 1.82) is 0 Å². The van der Waals surface area contributed by atoms with E-state index in [-0.39, 0.29) is 85.8 Å². The minimum Gasteiger partial charge on any atom is -0.367 e. The minimum absolute atomic E-state index is 0.134. The van der Waals surface area contributed by atoms with E-state index in [2.05, 4.69) is 55.6 Å². The minimum atomic E-state index is -0.785. The summed E-state index contributed by atoms with van der Waals surface area (Å²) in [5.74, 6) is 10.7. The van der Waals surface area contributed by atoms with Gasteiger partial charge in [-0.05, 0) is 114 Å². The Kier molecular flexibility index (Phi) is 22.6. The summed E-state index contributed by atoms with van der Waals surface area (Å²) in [5, 5.41) is 18.3. The topological polar surface area (TPSA) is 200 Å². The molecular formula is C52H86N8O8. The smallest absolute Gasteiger partial charge is 0.246 e. The number of carbonyl (C=O) groups excluding carboxylic acids is 6. The molecule has 0 spiro atoms. The van der Waals surface area contributed by atoms with Crippen LogP contribution in [0.4, 0.5) is 0 Å². The maximum Gasteiger partial charge on any atom is 0.246 e. The van der Waals surface area contributed by atoms with Crippen LogP contribution in [-0.4, -0.2) is 147 Å². The van der Waals surface area contributed by atoms with Crippen molar-refractivity contribution in [3.8, 4) is 23.7 Å². The molecule has 2 saturated heterocycles. The fourth-order valence-corrected chi connectivity index (χ4v) is 9.89. The normalized spacial score (nSPS) is 22.0. The highest BCUT2D eigenvalue weighted by atomic mass is 16.5. The van der Waals surface area contributed by atoms with Gasteiger partial charge in [-0.25, -0.2) is 0 Å². The third-order valence-corrected chi connectivity index (χ3v) is 14.4. The zero-order chi connectivity index (χ0) is 50.0. The summed E-state index contributed by atoms with van der Waals surface area (Å²) < 4.78 is 12.1. The summed E-state index contributed by atoms with van der Waals surface area (Å²) in [7, 11) is 3.39. The molecule has 0 bridgehead atoms. The van der Waals surface area contributed by atoms with Gasteiger partial charge in [0.05, 0.1) is 37.4 Å². The number of ether oxygens (including phenoxy) is 2. The second-order valence-corrected chi connectivity index (χ2v) is 21.7. The zero-order valence-corrected chi connectivity index (χ0v) is 43.1. The quantitative estimate of drug-likeness (QED) is 0.0777. The maximum atomic E-state index is 14.0. The van der Waals surface area contributed by atoms with Crippen LogP contribution in [0.2, 0.25) is 0 Å². The molecule has 0 unspecified atom stereocenters. The number of nitrogens with zero attached hydrogens (tertiary/aromatic N) is 2. The predicted molar refractivity (Wildman–Crippen MR) is 263 cm³/mol. The van der Waals surface area contributed by atoms with Crippen LogP contribution in [0.1, 0.15) is 145 Å². The van der Waals surface area contributed by atoms with Gasteiger partial charge >= 0.3 is 0 Å². The number of carbonyl (C=O) groups is 6. The summed E-state index contributed by atoms with van der Waals surface area (Å²) in [5.41, 5.74) is -1.13. The van der Waals surface area contributed by atoms with E-state index in [0.29, 0.717) is 38.8 Å². The fraction of sp³-hybridized carbons (Fsp3) is 0.808. The van der Waals surface area contributed by atoms with Crippen molar-refractivity contribution in [3.63, 3.8) is 0 Å². The van der Waals surface area contributed by atoms with E-state index in [9.17, 15) is 28.8 Å². The van der Waals surface area contributed by atoms with Gasteiger partial charge in [0.15, 0.2) is 0 Å². The van der Waals surface area contributed by atoms with Crippen molar-refractivity contribution in [2.24, 2.45) is 22.7 Å². The van der Waals surface area contributed by atoms with Gasteiger partial charge in [0.25, 0.3) is 0 Å². The number of hydrogen-bond donors (Lipinski definition) is 6. The first-order chi connectivity index (χ1) is 32.3. The number of rotatable bonds is 20. The number of nitrogens with one attached hydrogen (secondary N) is 6. The summed E-state index contributed by atoms with van der Waals surface area (Å²) in [4.78, 5) is 84.9. The molecule has 6 amide bonds. The van der Waals surface area contributed by atoms with Gasteiger partial charge in [-0.15, -0.1) is 0 Å². The van der Waals surface area contributed by atoms with Gasteiger partial charge in [-0.2, -0.15) is 0 Å². The Morgan fingerprint density at radius 3 is 1.21 bits per heavy atom. The van der Waals surface area contributed by atoms with E-state index in [0.717, 1.165) is 51.4 Å². The zero-order valence-electron chi connectivity index (χ0n) is 43.1. The third-order valence-electron chi connectivity index (χ3n) is 14.4. The largest absolute Gasteiger partial charge is 0.367 e. The highest BCUT2D eigenvalue weighted by molar-refractivity contribution is 5.95. The van der Waals surface area contributed by atoms with Gasteiger partial charge in [0, 0.05) is 13.1 Å². The first-order valence-electron chi connectivity index (χ1n) is 25.6. The molecule has 16 nitrogen and oxygen atoms in total.